The third kappa shape index (κ3) is 1.90. The second kappa shape index (κ2) is 3.06. The Labute approximate surface area is 75.4 Å². The molecule has 0 unspecified atom stereocenters. The first-order chi connectivity index (χ1) is 5.06. The highest BCUT2D eigenvalue weighted by Crippen LogP contribution is 2.36. The number of nitrogens with zero attached hydrogens (tertiary/aromatic N) is 3. The van der Waals surface area contributed by atoms with Gasteiger partial charge in [0.15, 0.2) is 0 Å². The van der Waals surface area contributed by atoms with Gasteiger partial charge in [-0.25, -0.2) is 0 Å². The minimum Gasteiger partial charge on any atom is -0.255 e. The molecule has 62 valence electrons. The first-order valence-corrected chi connectivity index (χ1v) is 5.12. The zero-order valence-corrected chi connectivity index (χ0v) is 8.49. The highest BCUT2D eigenvalue weighted by atomic mass is 33.1. The maximum Gasteiger partial charge on any atom is 0.0990 e. The van der Waals surface area contributed by atoms with E-state index in [2.05, 4.69) is 35.8 Å². The number of hydrogen-bond acceptors (Lipinski definition) is 4. The van der Waals surface area contributed by atoms with Crippen LogP contribution in [0, 0.1) is 0 Å². The molecule has 0 aliphatic rings. The van der Waals surface area contributed by atoms with E-state index in [4.69, 9.17) is 0 Å². The van der Waals surface area contributed by atoms with Gasteiger partial charge in [0, 0.05) is 13.2 Å². The number of aromatic nitrogens is 3. The van der Waals surface area contributed by atoms with Crippen LogP contribution in [-0.4, -0.2) is 15.0 Å². The quantitative estimate of drug-likeness (QED) is 0.566. The van der Waals surface area contributed by atoms with E-state index in [0.717, 1.165) is 5.69 Å². The average molecular weight is 189 g/mol. The fraction of sp³-hybridized carbons (Fsp3) is 0.667. The first kappa shape index (κ1) is 8.93. The summed E-state index contributed by atoms with van der Waals surface area (Å²) >= 11 is 4.16. The van der Waals surface area contributed by atoms with Crippen LogP contribution < -0.4 is 0 Å². The van der Waals surface area contributed by atoms with Gasteiger partial charge in [0.2, 0.25) is 0 Å². The molecular weight excluding hydrogens is 178 g/mol. The highest BCUT2D eigenvalue weighted by molar-refractivity contribution is 8.68. The third-order valence-electron chi connectivity index (χ3n) is 1.45. The van der Waals surface area contributed by atoms with Crippen molar-refractivity contribution < 1.29 is 0 Å². The van der Waals surface area contributed by atoms with Gasteiger partial charge >= 0.3 is 0 Å². The Morgan fingerprint density at radius 1 is 1.64 bits per heavy atom. The van der Waals surface area contributed by atoms with Crippen molar-refractivity contribution in [1.29, 1.82) is 0 Å². The maximum atomic E-state index is 4.16. The highest BCUT2D eigenvalue weighted by Gasteiger charge is 2.22. The fourth-order valence-electron chi connectivity index (χ4n) is 0.670. The van der Waals surface area contributed by atoms with Crippen LogP contribution in [0.1, 0.15) is 19.5 Å². The van der Waals surface area contributed by atoms with E-state index < -0.39 is 0 Å². The van der Waals surface area contributed by atoms with Crippen molar-refractivity contribution in [3.05, 3.63) is 11.9 Å². The van der Waals surface area contributed by atoms with Crippen molar-refractivity contribution >= 4 is 22.5 Å². The van der Waals surface area contributed by atoms with Crippen LogP contribution in [0.5, 0.6) is 0 Å². The standard InChI is InChI=1S/C6H11N3S2/c1-6(2,11-10)5-4-9(3)8-7-5/h4,10H,1-3H3. The van der Waals surface area contributed by atoms with Gasteiger partial charge in [-0.3, -0.25) is 4.68 Å². The molecule has 0 spiro atoms. The molecule has 5 heteroatoms. The molecule has 0 amide bonds. The van der Waals surface area contributed by atoms with Crippen LogP contribution >= 0.6 is 22.5 Å². The lowest BCUT2D eigenvalue weighted by molar-refractivity contribution is 0.704. The molecule has 1 rings (SSSR count). The first-order valence-electron chi connectivity index (χ1n) is 3.25. The van der Waals surface area contributed by atoms with Crippen molar-refractivity contribution in [1.82, 2.24) is 15.0 Å². The lowest BCUT2D eigenvalue weighted by atomic mass is 10.1. The molecule has 0 saturated carbocycles. The van der Waals surface area contributed by atoms with E-state index in [-0.39, 0.29) is 4.75 Å². The van der Waals surface area contributed by atoms with Gasteiger partial charge in [-0.2, -0.15) is 0 Å². The molecule has 11 heavy (non-hydrogen) atoms. The lowest BCUT2D eigenvalue weighted by Gasteiger charge is -2.16. The van der Waals surface area contributed by atoms with Crippen molar-refractivity contribution in [2.24, 2.45) is 7.05 Å². The van der Waals surface area contributed by atoms with E-state index >= 15 is 0 Å². The van der Waals surface area contributed by atoms with Crippen LogP contribution in [0.4, 0.5) is 0 Å². The zero-order valence-electron chi connectivity index (χ0n) is 6.77. The molecule has 0 N–H and O–H groups in total. The van der Waals surface area contributed by atoms with Crippen molar-refractivity contribution in [2.75, 3.05) is 0 Å². The Morgan fingerprint density at radius 2 is 2.27 bits per heavy atom. The summed E-state index contributed by atoms with van der Waals surface area (Å²) in [6.07, 6.45) is 1.91. The molecule has 3 nitrogen and oxygen atoms in total. The normalized spacial score (nSPS) is 12.0. The Bertz CT molecular complexity index is 244. The monoisotopic (exact) mass is 189 g/mol. The second-order valence-electron chi connectivity index (χ2n) is 2.88. The molecule has 0 aliphatic heterocycles. The molecule has 1 aromatic rings. The van der Waals surface area contributed by atoms with Gasteiger partial charge in [0.25, 0.3) is 0 Å². The molecule has 0 aliphatic carbocycles. The zero-order chi connectivity index (χ0) is 8.48. The van der Waals surface area contributed by atoms with Gasteiger partial charge in [0.1, 0.15) is 0 Å². The van der Waals surface area contributed by atoms with E-state index in [9.17, 15) is 0 Å². The van der Waals surface area contributed by atoms with Gasteiger partial charge in [0.05, 0.1) is 10.4 Å². The van der Waals surface area contributed by atoms with Gasteiger partial charge in [-0.1, -0.05) is 16.0 Å². The largest absolute Gasteiger partial charge is 0.255 e. The SMILES string of the molecule is Cn1cc(C(C)(C)SS)nn1. The number of thiol groups is 1. The fourth-order valence-corrected chi connectivity index (χ4v) is 1.14. The van der Waals surface area contributed by atoms with Crippen molar-refractivity contribution in [3.63, 3.8) is 0 Å². The Hall–Kier alpha value is -0.160. The molecule has 0 radical (unpaired) electrons. The molecular formula is C6H11N3S2. The number of hydrogen-bond donors (Lipinski definition) is 1. The summed E-state index contributed by atoms with van der Waals surface area (Å²) in [5.74, 6) is 0. The van der Waals surface area contributed by atoms with Gasteiger partial charge in [-0.15, -0.1) is 16.8 Å². The summed E-state index contributed by atoms with van der Waals surface area (Å²) in [6.45, 7) is 4.13. The van der Waals surface area contributed by atoms with Crippen LogP contribution in [0.3, 0.4) is 0 Å². The summed E-state index contributed by atoms with van der Waals surface area (Å²) in [5.41, 5.74) is 0.958. The predicted molar refractivity (Wildman–Crippen MR) is 50.6 cm³/mol. The molecule has 0 aromatic carbocycles. The van der Waals surface area contributed by atoms with Gasteiger partial charge in [-0.05, 0) is 13.8 Å². The molecule has 0 saturated heterocycles. The van der Waals surface area contributed by atoms with Crippen molar-refractivity contribution in [3.8, 4) is 0 Å². The number of aryl methyl sites for hydroxylation is 1. The Balaban J connectivity index is 2.92. The van der Waals surface area contributed by atoms with E-state index in [1.807, 2.05) is 13.2 Å². The van der Waals surface area contributed by atoms with Crippen LogP contribution in [0.2, 0.25) is 0 Å². The lowest BCUT2D eigenvalue weighted by Crippen LogP contribution is -2.10. The van der Waals surface area contributed by atoms with Gasteiger partial charge < -0.3 is 0 Å². The molecule has 1 aromatic heterocycles. The summed E-state index contributed by atoms with van der Waals surface area (Å²) < 4.78 is 1.64. The van der Waals surface area contributed by atoms with Crippen LogP contribution in [0.15, 0.2) is 6.20 Å². The summed E-state index contributed by atoms with van der Waals surface area (Å²) in [6, 6.07) is 0. The minimum absolute atomic E-state index is 0.0582. The minimum atomic E-state index is -0.0582. The number of rotatable bonds is 2. The second-order valence-corrected chi connectivity index (χ2v) is 4.63. The van der Waals surface area contributed by atoms with E-state index in [0.29, 0.717) is 0 Å². The topological polar surface area (TPSA) is 30.7 Å². The average Bonchev–Trinajstić information content (AvgIpc) is 2.36. The molecule has 0 fully saturated rings. The Kier molecular flexibility index (Phi) is 2.49. The van der Waals surface area contributed by atoms with E-state index in [1.54, 1.807) is 4.68 Å². The summed E-state index contributed by atoms with van der Waals surface area (Å²) in [4.78, 5) is 0. The Morgan fingerprint density at radius 3 is 2.64 bits per heavy atom. The third-order valence-corrected chi connectivity index (χ3v) is 3.48. The molecule has 0 atom stereocenters. The van der Waals surface area contributed by atoms with Crippen LogP contribution in [0.25, 0.3) is 0 Å². The molecule has 0 bridgehead atoms. The maximum absolute atomic E-state index is 4.16. The molecule has 1 heterocycles. The summed E-state index contributed by atoms with van der Waals surface area (Å²) in [5, 5.41) is 7.85. The predicted octanol–water partition coefficient (Wildman–Crippen LogP) is 1.63. The smallest absolute Gasteiger partial charge is 0.0990 e. The summed E-state index contributed by atoms with van der Waals surface area (Å²) in [7, 11) is 3.33. The van der Waals surface area contributed by atoms with Crippen LogP contribution in [-0.2, 0) is 11.8 Å². The van der Waals surface area contributed by atoms with E-state index in [1.165, 1.54) is 10.8 Å². The van der Waals surface area contributed by atoms with Crippen molar-refractivity contribution in [2.45, 2.75) is 18.6 Å².